The molecule has 0 fully saturated rings. The zero-order valence-electron chi connectivity index (χ0n) is 10.2. The number of carbonyl (C=O) groups excluding carboxylic acids is 1. The predicted octanol–water partition coefficient (Wildman–Crippen LogP) is 3.48. The minimum absolute atomic E-state index is 0.0786. The Labute approximate surface area is 128 Å². The second kappa shape index (κ2) is 6.07. The number of nitrogens with zero attached hydrogens (tertiary/aromatic N) is 1. The molecule has 0 saturated heterocycles. The maximum absolute atomic E-state index is 13.3. The summed E-state index contributed by atoms with van der Waals surface area (Å²) in [6.07, 6.45) is 0. The van der Waals surface area contributed by atoms with E-state index in [1.54, 1.807) is 0 Å². The van der Waals surface area contributed by atoms with Crippen LogP contribution in [0.2, 0.25) is 10.2 Å². The third-order valence-corrected chi connectivity index (χ3v) is 3.00. The molecule has 108 valence electrons. The highest BCUT2D eigenvalue weighted by Crippen LogP contribution is 2.20. The zero-order valence-corrected chi connectivity index (χ0v) is 11.7. The standard InChI is InChI=1S/C13H7Cl2FN2O3/c14-8-2-4-10(15)18-11(8)12(19)17-6-1-3-9(16)7(5-6)13(20)21/h1-5H,(H,17,19)(H,20,21). The Hall–Kier alpha value is -2.18. The van der Waals surface area contributed by atoms with Crippen LogP contribution in [-0.4, -0.2) is 22.0 Å². The fourth-order valence-corrected chi connectivity index (χ4v) is 1.87. The number of rotatable bonds is 3. The maximum atomic E-state index is 13.3. The van der Waals surface area contributed by atoms with Crippen molar-refractivity contribution in [2.75, 3.05) is 5.32 Å². The Morgan fingerprint density at radius 1 is 1.19 bits per heavy atom. The molecule has 1 aromatic carbocycles. The fraction of sp³-hybridized carbons (Fsp3) is 0. The van der Waals surface area contributed by atoms with Gasteiger partial charge in [-0.25, -0.2) is 14.2 Å². The van der Waals surface area contributed by atoms with E-state index < -0.39 is 23.3 Å². The molecular weight excluding hydrogens is 322 g/mol. The Bertz CT molecular complexity index is 737. The van der Waals surface area contributed by atoms with Crippen LogP contribution < -0.4 is 5.32 Å². The lowest BCUT2D eigenvalue weighted by molar-refractivity contribution is 0.0691. The number of carboxylic acids is 1. The van der Waals surface area contributed by atoms with Crippen LogP contribution in [0.4, 0.5) is 10.1 Å². The van der Waals surface area contributed by atoms with Gasteiger partial charge in [-0.15, -0.1) is 0 Å². The average molecular weight is 329 g/mol. The van der Waals surface area contributed by atoms with Gasteiger partial charge >= 0.3 is 5.97 Å². The number of halogens is 3. The topological polar surface area (TPSA) is 79.3 Å². The largest absolute Gasteiger partial charge is 0.478 e. The first-order valence-electron chi connectivity index (χ1n) is 5.54. The van der Waals surface area contributed by atoms with E-state index in [1.165, 1.54) is 18.2 Å². The predicted molar refractivity (Wildman–Crippen MR) is 75.6 cm³/mol. The van der Waals surface area contributed by atoms with E-state index in [0.717, 1.165) is 12.1 Å². The number of hydrogen-bond donors (Lipinski definition) is 2. The van der Waals surface area contributed by atoms with Gasteiger partial charge in [0.05, 0.1) is 10.6 Å². The molecule has 1 heterocycles. The van der Waals surface area contributed by atoms with Gasteiger partial charge in [0.25, 0.3) is 5.91 Å². The fourth-order valence-electron chi connectivity index (χ4n) is 1.53. The minimum Gasteiger partial charge on any atom is -0.478 e. The number of hydrogen-bond acceptors (Lipinski definition) is 3. The molecule has 1 aromatic heterocycles. The van der Waals surface area contributed by atoms with E-state index in [4.69, 9.17) is 28.3 Å². The number of aromatic carboxylic acids is 1. The summed E-state index contributed by atoms with van der Waals surface area (Å²) < 4.78 is 13.3. The van der Waals surface area contributed by atoms with Crippen molar-refractivity contribution in [3.63, 3.8) is 0 Å². The van der Waals surface area contributed by atoms with E-state index in [2.05, 4.69) is 10.3 Å². The third kappa shape index (κ3) is 3.48. The van der Waals surface area contributed by atoms with Crippen molar-refractivity contribution in [3.05, 3.63) is 57.6 Å². The van der Waals surface area contributed by atoms with E-state index in [-0.39, 0.29) is 21.6 Å². The number of amides is 1. The number of anilines is 1. The van der Waals surface area contributed by atoms with Gasteiger partial charge < -0.3 is 10.4 Å². The quantitative estimate of drug-likeness (QED) is 0.845. The summed E-state index contributed by atoms with van der Waals surface area (Å²) in [5, 5.41) is 11.4. The molecule has 0 radical (unpaired) electrons. The lowest BCUT2D eigenvalue weighted by Crippen LogP contribution is -2.15. The highest BCUT2D eigenvalue weighted by atomic mass is 35.5. The van der Waals surface area contributed by atoms with Gasteiger partial charge in [0.1, 0.15) is 16.7 Å². The molecule has 2 rings (SSSR count). The Balaban J connectivity index is 2.29. The molecular formula is C13H7Cl2FN2O3. The summed E-state index contributed by atoms with van der Waals surface area (Å²) in [4.78, 5) is 26.6. The van der Waals surface area contributed by atoms with E-state index in [0.29, 0.717) is 0 Å². The van der Waals surface area contributed by atoms with Crippen molar-refractivity contribution in [2.24, 2.45) is 0 Å². The molecule has 0 unspecified atom stereocenters. The van der Waals surface area contributed by atoms with Crippen molar-refractivity contribution in [1.82, 2.24) is 4.98 Å². The van der Waals surface area contributed by atoms with Crippen LogP contribution >= 0.6 is 23.2 Å². The van der Waals surface area contributed by atoms with Gasteiger partial charge in [0.15, 0.2) is 0 Å². The van der Waals surface area contributed by atoms with Crippen molar-refractivity contribution in [1.29, 1.82) is 0 Å². The molecule has 0 atom stereocenters. The van der Waals surface area contributed by atoms with Crippen LogP contribution in [0.5, 0.6) is 0 Å². The van der Waals surface area contributed by atoms with Crippen LogP contribution in [0, 0.1) is 5.82 Å². The van der Waals surface area contributed by atoms with E-state index >= 15 is 0 Å². The van der Waals surface area contributed by atoms with Gasteiger partial charge in [0, 0.05) is 5.69 Å². The number of carbonyl (C=O) groups is 2. The molecule has 2 aromatic rings. The van der Waals surface area contributed by atoms with E-state index in [9.17, 15) is 14.0 Å². The molecule has 0 saturated carbocycles. The first kappa shape index (κ1) is 15.2. The molecule has 8 heteroatoms. The molecule has 0 aliphatic heterocycles. The summed E-state index contributed by atoms with van der Waals surface area (Å²) in [7, 11) is 0. The summed E-state index contributed by atoms with van der Waals surface area (Å²) in [6, 6.07) is 5.97. The maximum Gasteiger partial charge on any atom is 0.338 e. The van der Waals surface area contributed by atoms with Crippen LogP contribution in [0.1, 0.15) is 20.8 Å². The normalized spacial score (nSPS) is 10.2. The van der Waals surface area contributed by atoms with Crippen LogP contribution in [0.3, 0.4) is 0 Å². The van der Waals surface area contributed by atoms with E-state index in [1.807, 2.05) is 0 Å². The smallest absolute Gasteiger partial charge is 0.338 e. The SMILES string of the molecule is O=C(O)c1cc(NC(=O)c2nc(Cl)ccc2Cl)ccc1F. The molecule has 21 heavy (non-hydrogen) atoms. The summed E-state index contributed by atoms with van der Waals surface area (Å²) >= 11 is 11.5. The van der Waals surface area contributed by atoms with Gasteiger partial charge in [-0.3, -0.25) is 4.79 Å². The molecule has 0 spiro atoms. The highest BCUT2D eigenvalue weighted by Gasteiger charge is 2.16. The van der Waals surface area contributed by atoms with Crippen molar-refractivity contribution in [2.45, 2.75) is 0 Å². The number of benzene rings is 1. The van der Waals surface area contributed by atoms with Gasteiger partial charge in [-0.2, -0.15) is 0 Å². The summed E-state index contributed by atoms with van der Waals surface area (Å²) in [5.74, 6) is -3.03. The Morgan fingerprint density at radius 3 is 2.57 bits per heavy atom. The summed E-state index contributed by atoms with van der Waals surface area (Å²) in [6.45, 7) is 0. The minimum atomic E-state index is -1.44. The van der Waals surface area contributed by atoms with Crippen LogP contribution in [0.25, 0.3) is 0 Å². The molecule has 2 N–H and O–H groups in total. The molecule has 0 bridgehead atoms. The molecule has 0 aliphatic carbocycles. The second-order valence-corrected chi connectivity index (χ2v) is 4.71. The third-order valence-electron chi connectivity index (χ3n) is 2.48. The van der Waals surface area contributed by atoms with Gasteiger partial charge in [-0.05, 0) is 30.3 Å². The van der Waals surface area contributed by atoms with Crippen molar-refractivity contribution in [3.8, 4) is 0 Å². The number of carboxylic acid groups (broad SMARTS) is 1. The lowest BCUT2D eigenvalue weighted by Gasteiger charge is -2.07. The van der Waals surface area contributed by atoms with Crippen LogP contribution in [0.15, 0.2) is 30.3 Å². The van der Waals surface area contributed by atoms with Gasteiger partial charge in [-0.1, -0.05) is 23.2 Å². The molecule has 0 aliphatic rings. The molecule has 5 nitrogen and oxygen atoms in total. The Morgan fingerprint density at radius 2 is 1.90 bits per heavy atom. The van der Waals surface area contributed by atoms with Crippen LogP contribution in [-0.2, 0) is 0 Å². The van der Waals surface area contributed by atoms with Crippen molar-refractivity contribution >= 4 is 40.8 Å². The number of nitrogens with one attached hydrogen (secondary N) is 1. The lowest BCUT2D eigenvalue weighted by atomic mass is 10.2. The van der Waals surface area contributed by atoms with Crippen molar-refractivity contribution < 1.29 is 19.1 Å². The monoisotopic (exact) mass is 328 g/mol. The number of aromatic nitrogens is 1. The van der Waals surface area contributed by atoms with Gasteiger partial charge in [0.2, 0.25) is 0 Å². The Kier molecular flexibility index (Phi) is 4.40. The second-order valence-electron chi connectivity index (χ2n) is 3.92. The first-order chi connectivity index (χ1) is 9.88. The molecule has 1 amide bonds. The average Bonchev–Trinajstić information content (AvgIpc) is 2.43. The first-order valence-corrected chi connectivity index (χ1v) is 6.30. The highest BCUT2D eigenvalue weighted by molar-refractivity contribution is 6.35. The zero-order chi connectivity index (χ0) is 15.6. The number of pyridine rings is 1. The summed E-state index contributed by atoms with van der Waals surface area (Å²) in [5.41, 5.74) is -0.583.